The predicted octanol–water partition coefficient (Wildman–Crippen LogP) is -4.26. The smallest absolute Gasteiger partial charge is 0.326 e. The summed E-state index contributed by atoms with van der Waals surface area (Å²) >= 11 is 0. The first kappa shape index (κ1) is 41.8. The van der Waals surface area contributed by atoms with E-state index in [-0.39, 0.29) is 19.3 Å². The fourth-order valence-electron chi connectivity index (χ4n) is 4.79. The average molecular weight is 758 g/mol. The Hall–Kier alpha value is -6.65. The van der Waals surface area contributed by atoms with Gasteiger partial charge in [-0.3, -0.25) is 33.6 Å². The van der Waals surface area contributed by atoms with Crippen LogP contribution >= 0.6 is 0 Å². The van der Waals surface area contributed by atoms with Gasteiger partial charge in [0.25, 0.3) is 0 Å². The van der Waals surface area contributed by atoms with Crippen LogP contribution in [-0.2, 0) is 57.6 Å². The van der Waals surface area contributed by atoms with E-state index in [0.717, 1.165) is 0 Å². The quantitative estimate of drug-likeness (QED) is 0.0490. The topological polar surface area (TPSA) is 361 Å². The highest BCUT2D eigenvalue weighted by molar-refractivity contribution is 5.97. The van der Waals surface area contributed by atoms with Crippen molar-refractivity contribution in [1.82, 2.24) is 61.8 Å². The fraction of sp³-hybridized carbons (Fsp3) is 0.452. The van der Waals surface area contributed by atoms with Crippen molar-refractivity contribution >= 4 is 47.4 Å². The van der Waals surface area contributed by atoms with E-state index in [1.54, 1.807) is 0 Å². The van der Waals surface area contributed by atoms with Crippen LogP contribution in [0.4, 0.5) is 0 Å². The Morgan fingerprint density at radius 1 is 0.556 bits per heavy atom. The number of nitrogens with one attached hydrogen (secondary N) is 9. The first-order chi connectivity index (χ1) is 25.5. The molecule has 0 aliphatic carbocycles. The molecule has 13 N–H and O–H groups in total. The van der Waals surface area contributed by atoms with E-state index in [1.807, 2.05) is 5.32 Å². The molecule has 0 fully saturated rings. The first-order valence-corrected chi connectivity index (χ1v) is 16.5. The van der Waals surface area contributed by atoms with Gasteiger partial charge in [-0.15, -0.1) is 0 Å². The lowest BCUT2D eigenvalue weighted by Gasteiger charge is -2.25. The Bertz CT molecular complexity index is 1750. The van der Waals surface area contributed by atoms with Crippen molar-refractivity contribution in [2.75, 3.05) is 0 Å². The van der Waals surface area contributed by atoms with Crippen LogP contribution in [0, 0.1) is 0 Å². The molecule has 3 rings (SSSR count). The molecule has 6 amide bonds. The lowest BCUT2D eigenvalue weighted by Crippen LogP contribution is -2.59. The molecule has 23 heteroatoms. The van der Waals surface area contributed by atoms with Crippen LogP contribution in [0.15, 0.2) is 37.6 Å². The van der Waals surface area contributed by atoms with E-state index in [0.29, 0.717) is 17.1 Å². The van der Waals surface area contributed by atoms with E-state index in [2.05, 4.69) is 56.5 Å². The van der Waals surface area contributed by atoms with Crippen molar-refractivity contribution in [3.05, 3.63) is 54.7 Å². The molecule has 3 aromatic rings. The van der Waals surface area contributed by atoms with Gasteiger partial charge in [0.05, 0.1) is 31.4 Å². The number of carbonyl (C=O) groups is 8. The Morgan fingerprint density at radius 3 is 1.31 bits per heavy atom. The molecule has 7 unspecified atom stereocenters. The van der Waals surface area contributed by atoms with Crippen molar-refractivity contribution in [2.45, 2.75) is 88.7 Å². The first-order valence-electron chi connectivity index (χ1n) is 16.5. The molecule has 0 aliphatic heterocycles. The number of hydrogen-bond acceptors (Lipinski definition) is 12. The highest BCUT2D eigenvalue weighted by Crippen LogP contribution is 2.05. The maximum Gasteiger partial charge on any atom is 0.326 e. The molecule has 7 atom stereocenters. The second-order valence-electron chi connectivity index (χ2n) is 12.3. The molecule has 0 aromatic carbocycles. The van der Waals surface area contributed by atoms with Gasteiger partial charge in [0.2, 0.25) is 35.4 Å². The number of aromatic amines is 3. The van der Waals surface area contributed by atoms with Crippen molar-refractivity contribution in [3.8, 4) is 0 Å². The Balaban J connectivity index is 1.68. The van der Waals surface area contributed by atoms with Crippen LogP contribution in [0.5, 0.6) is 0 Å². The highest BCUT2D eigenvalue weighted by Gasteiger charge is 2.32. The molecule has 0 saturated heterocycles. The summed E-state index contributed by atoms with van der Waals surface area (Å²) in [6, 6.07) is -9.18. The van der Waals surface area contributed by atoms with E-state index in [4.69, 9.17) is 10.8 Å². The maximum absolute atomic E-state index is 13.7. The molecular weight excluding hydrogens is 714 g/mol. The lowest BCUT2D eigenvalue weighted by atomic mass is 10.1. The third kappa shape index (κ3) is 13.2. The third-order valence-corrected chi connectivity index (χ3v) is 7.80. The lowest BCUT2D eigenvalue weighted by molar-refractivity contribution is -0.147. The molecule has 0 aliphatic rings. The zero-order valence-electron chi connectivity index (χ0n) is 29.4. The number of imidazole rings is 3. The van der Waals surface area contributed by atoms with Gasteiger partial charge in [-0.05, 0) is 20.8 Å². The summed E-state index contributed by atoms with van der Waals surface area (Å²) in [5.74, 6) is -7.95. The van der Waals surface area contributed by atoms with Crippen molar-refractivity contribution in [2.24, 2.45) is 5.73 Å². The maximum atomic E-state index is 13.7. The van der Waals surface area contributed by atoms with E-state index in [1.165, 1.54) is 58.3 Å². The van der Waals surface area contributed by atoms with E-state index in [9.17, 15) is 43.5 Å². The average Bonchev–Trinajstić information content (AvgIpc) is 3.92. The van der Waals surface area contributed by atoms with Gasteiger partial charge in [0, 0.05) is 54.9 Å². The number of rotatable bonds is 21. The second kappa shape index (κ2) is 19.8. The number of carboxylic acid groups (broad SMARTS) is 2. The number of nitrogens with two attached hydrogens (primary N) is 1. The number of H-pyrrole nitrogens is 3. The largest absolute Gasteiger partial charge is 0.481 e. The number of amides is 6. The monoisotopic (exact) mass is 757 g/mol. The van der Waals surface area contributed by atoms with Crippen LogP contribution in [0.3, 0.4) is 0 Å². The minimum atomic E-state index is -1.75. The number of carboxylic acids is 2. The zero-order valence-corrected chi connectivity index (χ0v) is 29.4. The van der Waals surface area contributed by atoms with Gasteiger partial charge in [0.15, 0.2) is 0 Å². The van der Waals surface area contributed by atoms with Crippen molar-refractivity contribution in [3.63, 3.8) is 0 Å². The summed E-state index contributed by atoms with van der Waals surface area (Å²) in [7, 11) is 0. The Kier molecular flexibility index (Phi) is 15.3. The van der Waals surface area contributed by atoms with Crippen LogP contribution in [-0.4, -0.2) is 130 Å². The number of carbonyl (C=O) groups excluding carboxylic acids is 6. The van der Waals surface area contributed by atoms with E-state index < -0.39 is 96.1 Å². The number of hydrogen-bond donors (Lipinski definition) is 12. The van der Waals surface area contributed by atoms with Crippen LogP contribution in [0.25, 0.3) is 0 Å². The number of aliphatic carboxylic acids is 2. The van der Waals surface area contributed by atoms with E-state index >= 15 is 0 Å². The van der Waals surface area contributed by atoms with Gasteiger partial charge >= 0.3 is 11.9 Å². The third-order valence-electron chi connectivity index (χ3n) is 7.80. The Morgan fingerprint density at radius 2 is 0.907 bits per heavy atom. The summed E-state index contributed by atoms with van der Waals surface area (Å²) in [4.78, 5) is 121. The summed E-state index contributed by atoms with van der Waals surface area (Å²) in [5.41, 5.74) is 7.45. The van der Waals surface area contributed by atoms with Crippen molar-refractivity contribution in [1.29, 1.82) is 0 Å². The molecule has 23 nitrogen and oxygen atoms in total. The van der Waals surface area contributed by atoms with Crippen LogP contribution in [0.2, 0.25) is 0 Å². The summed E-state index contributed by atoms with van der Waals surface area (Å²) in [6.07, 6.45) is 7.45. The molecule has 54 heavy (non-hydrogen) atoms. The summed E-state index contributed by atoms with van der Waals surface area (Å²) in [5, 5.41) is 32.5. The van der Waals surface area contributed by atoms with Gasteiger partial charge in [-0.25, -0.2) is 19.7 Å². The van der Waals surface area contributed by atoms with Gasteiger partial charge in [0.1, 0.15) is 36.3 Å². The standard InChI is InChI=1S/C31H43N13O10/c1-14(25(47)39-15(2)27(49)44-23(31(53)54)7-24(45)46)41-29(51)21(5-18-9-34-12-37-18)43-30(52)22(6-19-10-35-13-38-19)42-26(48)16(3)40-28(50)20(32)4-17-8-33-11-36-17/h8-16,20-23H,4-7,32H2,1-3H3,(H,33,36)(H,34,37)(H,35,38)(H,39,47)(H,40,50)(H,41,51)(H,42,48)(H,43,52)(H,44,49)(H,45,46)(H,53,54). The van der Waals surface area contributed by atoms with Gasteiger partial charge in [-0.2, -0.15) is 0 Å². The summed E-state index contributed by atoms with van der Waals surface area (Å²) < 4.78 is 0. The minimum Gasteiger partial charge on any atom is -0.481 e. The molecular formula is C31H43N13O10. The molecule has 0 bridgehead atoms. The van der Waals surface area contributed by atoms with Crippen LogP contribution < -0.4 is 37.6 Å². The molecule has 0 spiro atoms. The molecule has 0 radical (unpaired) electrons. The minimum absolute atomic E-state index is 0.107. The highest BCUT2D eigenvalue weighted by atomic mass is 16.4. The molecule has 0 saturated carbocycles. The number of nitrogens with zero attached hydrogens (tertiary/aromatic N) is 3. The Labute approximate surface area is 306 Å². The van der Waals surface area contributed by atoms with Gasteiger partial charge in [-0.1, -0.05) is 0 Å². The molecule has 3 aromatic heterocycles. The number of aromatic nitrogens is 6. The summed E-state index contributed by atoms with van der Waals surface area (Å²) in [6.45, 7) is 3.90. The molecule has 292 valence electrons. The second-order valence-corrected chi connectivity index (χ2v) is 12.3. The van der Waals surface area contributed by atoms with Crippen molar-refractivity contribution < 1.29 is 48.6 Å². The predicted molar refractivity (Wildman–Crippen MR) is 183 cm³/mol. The fourth-order valence-corrected chi connectivity index (χ4v) is 4.79. The normalized spacial score (nSPS) is 14.8. The zero-order chi connectivity index (χ0) is 39.9. The van der Waals surface area contributed by atoms with Gasteiger partial charge < -0.3 is 62.8 Å². The van der Waals surface area contributed by atoms with Crippen LogP contribution in [0.1, 0.15) is 44.3 Å². The SMILES string of the molecule is CC(NC(=O)C(N)Cc1cnc[nH]1)C(=O)NC(Cc1cnc[nH]1)C(=O)NC(Cc1cnc[nH]1)C(=O)NC(C)C(=O)NC(C)C(=O)NC(CC(=O)O)C(=O)O. The molecule has 3 heterocycles.